The van der Waals surface area contributed by atoms with Crippen molar-refractivity contribution < 1.29 is 9.13 Å². The standard InChI is InChI=1S/C20H20FN3O/c1-25-15-11-9-14(10-12-15)19-16-6-4-5-13-22-20(16)24(23-19)18-8-3-2-7-17(18)21/h2-3,7-12,22H,4-6,13H2,1H3. The molecule has 0 saturated heterocycles. The van der Waals surface area contributed by atoms with Gasteiger partial charge < -0.3 is 10.1 Å². The summed E-state index contributed by atoms with van der Waals surface area (Å²) in [5.74, 6) is 1.43. The van der Waals surface area contributed by atoms with Gasteiger partial charge in [0.15, 0.2) is 0 Å². The highest BCUT2D eigenvalue weighted by Gasteiger charge is 2.22. The maximum Gasteiger partial charge on any atom is 0.148 e. The van der Waals surface area contributed by atoms with Crippen LogP contribution in [0.15, 0.2) is 48.5 Å². The van der Waals surface area contributed by atoms with E-state index in [1.165, 1.54) is 6.07 Å². The maximum absolute atomic E-state index is 14.4. The first kappa shape index (κ1) is 15.7. The van der Waals surface area contributed by atoms with Gasteiger partial charge in [0.05, 0.1) is 12.8 Å². The van der Waals surface area contributed by atoms with Crippen molar-refractivity contribution in [3.05, 3.63) is 59.9 Å². The Balaban J connectivity index is 1.88. The topological polar surface area (TPSA) is 39.1 Å². The molecule has 0 fully saturated rings. The number of halogens is 1. The van der Waals surface area contributed by atoms with Crippen LogP contribution >= 0.6 is 0 Å². The molecule has 4 rings (SSSR count). The zero-order chi connectivity index (χ0) is 17.2. The third-order valence-corrected chi connectivity index (χ3v) is 4.57. The van der Waals surface area contributed by atoms with Crippen LogP contribution in [0, 0.1) is 5.82 Å². The Morgan fingerprint density at radius 2 is 1.88 bits per heavy atom. The van der Waals surface area contributed by atoms with Crippen LogP contribution in [0.1, 0.15) is 18.4 Å². The third kappa shape index (κ3) is 2.86. The highest BCUT2D eigenvalue weighted by molar-refractivity contribution is 5.71. The molecule has 1 aromatic heterocycles. The predicted octanol–water partition coefficient (Wildman–Crippen LogP) is 4.44. The molecule has 4 nitrogen and oxygen atoms in total. The van der Waals surface area contributed by atoms with Crippen molar-refractivity contribution in [3.8, 4) is 22.7 Å². The summed E-state index contributed by atoms with van der Waals surface area (Å²) in [5.41, 5.74) is 3.52. The number of hydrogen-bond acceptors (Lipinski definition) is 3. The molecule has 128 valence electrons. The second-order valence-electron chi connectivity index (χ2n) is 6.15. The average Bonchev–Trinajstić information content (AvgIpc) is 2.83. The molecule has 2 aromatic carbocycles. The molecule has 0 unspecified atom stereocenters. The summed E-state index contributed by atoms with van der Waals surface area (Å²) in [4.78, 5) is 0. The van der Waals surface area contributed by atoms with Crippen molar-refractivity contribution in [2.24, 2.45) is 0 Å². The fourth-order valence-corrected chi connectivity index (χ4v) is 3.28. The molecule has 0 spiro atoms. The van der Waals surface area contributed by atoms with Gasteiger partial charge in [-0.15, -0.1) is 0 Å². The molecule has 2 heterocycles. The van der Waals surface area contributed by atoms with Crippen LogP contribution in [0.25, 0.3) is 16.9 Å². The van der Waals surface area contributed by atoms with Crippen molar-refractivity contribution >= 4 is 5.82 Å². The van der Waals surface area contributed by atoms with E-state index in [1.807, 2.05) is 30.3 Å². The predicted molar refractivity (Wildman–Crippen MR) is 96.9 cm³/mol. The van der Waals surface area contributed by atoms with E-state index in [-0.39, 0.29) is 5.82 Å². The monoisotopic (exact) mass is 337 g/mol. The number of ether oxygens (including phenoxy) is 1. The van der Waals surface area contributed by atoms with Crippen LogP contribution in [0.5, 0.6) is 5.75 Å². The molecule has 1 N–H and O–H groups in total. The lowest BCUT2D eigenvalue weighted by Crippen LogP contribution is -2.08. The maximum atomic E-state index is 14.4. The fraction of sp³-hybridized carbons (Fsp3) is 0.250. The van der Waals surface area contributed by atoms with Gasteiger partial charge in [-0.2, -0.15) is 5.10 Å². The highest BCUT2D eigenvalue weighted by Crippen LogP contribution is 2.34. The van der Waals surface area contributed by atoms with Crippen LogP contribution in [0.4, 0.5) is 10.2 Å². The summed E-state index contributed by atoms with van der Waals surface area (Å²) in [6.07, 6.45) is 3.11. The Morgan fingerprint density at radius 3 is 2.64 bits per heavy atom. The first-order valence-corrected chi connectivity index (χ1v) is 8.53. The van der Waals surface area contributed by atoms with E-state index in [1.54, 1.807) is 23.9 Å². The van der Waals surface area contributed by atoms with Crippen LogP contribution in [-0.4, -0.2) is 23.4 Å². The van der Waals surface area contributed by atoms with E-state index in [0.717, 1.165) is 54.2 Å². The van der Waals surface area contributed by atoms with Crippen molar-refractivity contribution in [1.29, 1.82) is 0 Å². The summed E-state index contributed by atoms with van der Waals surface area (Å²) < 4.78 is 21.3. The third-order valence-electron chi connectivity index (χ3n) is 4.57. The summed E-state index contributed by atoms with van der Waals surface area (Å²) in [5, 5.41) is 8.20. The van der Waals surface area contributed by atoms with Gasteiger partial charge in [0.2, 0.25) is 0 Å². The summed E-state index contributed by atoms with van der Waals surface area (Å²) in [6, 6.07) is 14.6. The van der Waals surface area contributed by atoms with E-state index >= 15 is 0 Å². The number of anilines is 1. The minimum atomic E-state index is -0.278. The Bertz CT molecular complexity index is 886. The molecule has 0 saturated carbocycles. The van der Waals surface area contributed by atoms with Gasteiger partial charge in [0.25, 0.3) is 0 Å². The molecule has 1 aliphatic heterocycles. The van der Waals surface area contributed by atoms with Crippen molar-refractivity contribution in [2.75, 3.05) is 19.0 Å². The van der Waals surface area contributed by atoms with Gasteiger partial charge in [-0.25, -0.2) is 9.07 Å². The number of hydrogen-bond donors (Lipinski definition) is 1. The van der Waals surface area contributed by atoms with E-state index in [0.29, 0.717) is 5.69 Å². The Kier molecular flexibility index (Phi) is 4.14. The Morgan fingerprint density at radius 1 is 1.08 bits per heavy atom. The SMILES string of the molecule is COc1ccc(-c2nn(-c3ccccc3F)c3c2CCCCN3)cc1. The molecule has 0 radical (unpaired) electrons. The quantitative estimate of drug-likeness (QED) is 0.768. The van der Waals surface area contributed by atoms with E-state index in [2.05, 4.69) is 5.32 Å². The van der Waals surface area contributed by atoms with Crippen molar-refractivity contribution in [1.82, 2.24) is 9.78 Å². The number of para-hydroxylation sites is 1. The van der Waals surface area contributed by atoms with Crippen molar-refractivity contribution in [3.63, 3.8) is 0 Å². The minimum absolute atomic E-state index is 0.278. The van der Waals surface area contributed by atoms with Gasteiger partial charge in [0.1, 0.15) is 23.1 Å². The van der Waals surface area contributed by atoms with Gasteiger partial charge >= 0.3 is 0 Å². The molecule has 25 heavy (non-hydrogen) atoms. The number of aromatic nitrogens is 2. The van der Waals surface area contributed by atoms with Gasteiger partial charge in [-0.3, -0.25) is 0 Å². The lowest BCUT2D eigenvalue weighted by atomic mass is 10.0. The zero-order valence-electron chi connectivity index (χ0n) is 14.1. The number of nitrogens with zero attached hydrogens (tertiary/aromatic N) is 2. The molecular formula is C20H20FN3O. The normalized spacial score (nSPS) is 13.7. The van der Waals surface area contributed by atoms with Crippen LogP contribution in [-0.2, 0) is 6.42 Å². The lowest BCUT2D eigenvalue weighted by molar-refractivity contribution is 0.415. The smallest absolute Gasteiger partial charge is 0.148 e. The van der Waals surface area contributed by atoms with E-state index in [4.69, 9.17) is 9.84 Å². The van der Waals surface area contributed by atoms with E-state index in [9.17, 15) is 4.39 Å². The van der Waals surface area contributed by atoms with Crippen molar-refractivity contribution in [2.45, 2.75) is 19.3 Å². The largest absolute Gasteiger partial charge is 0.497 e. The van der Waals surface area contributed by atoms with Crippen LogP contribution < -0.4 is 10.1 Å². The molecule has 1 aliphatic rings. The number of rotatable bonds is 3. The molecule has 0 atom stereocenters. The number of benzene rings is 2. The van der Waals surface area contributed by atoms with Gasteiger partial charge in [-0.1, -0.05) is 12.1 Å². The zero-order valence-corrected chi connectivity index (χ0v) is 14.1. The number of fused-ring (bicyclic) bond motifs is 1. The van der Waals surface area contributed by atoms with E-state index < -0.39 is 0 Å². The molecule has 3 aromatic rings. The molecule has 0 bridgehead atoms. The van der Waals surface area contributed by atoms with Crippen LogP contribution in [0.2, 0.25) is 0 Å². The first-order valence-electron chi connectivity index (χ1n) is 8.53. The van der Waals surface area contributed by atoms with Gasteiger partial charge in [0, 0.05) is 17.7 Å². The summed E-state index contributed by atoms with van der Waals surface area (Å²) in [7, 11) is 1.65. The second-order valence-corrected chi connectivity index (χ2v) is 6.15. The average molecular weight is 337 g/mol. The highest BCUT2D eigenvalue weighted by atomic mass is 19.1. The van der Waals surface area contributed by atoms with Gasteiger partial charge in [-0.05, 0) is 55.7 Å². The summed E-state index contributed by atoms with van der Waals surface area (Å²) >= 11 is 0. The molecule has 0 aliphatic carbocycles. The second kappa shape index (κ2) is 6.59. The molecule has 5 heteroatoms. The number of nitrogens with one attached hydrogen (secondary N) is 1. The number of methoxy groups -OCH3 is 1. The minimum Gasteiger partial charge on any atom is -0.497 e. The molecular weight excluding hydrogens is 317 g/mol. The first-order chi connectivity index (χ1) is 12.3. The fourth-order valence-electron chi connectivity index (χ4n) is 3.28. The Hall–Kier alpha value is -2.82. The Labute approximate surface area is 146 Å². The van der Waals surface area contributed by atoms with Crippen LogP contribution in [0.3, 0.4) is 0 Å². The lowest BCUT2D eigenvalue weighted by Gasteiger charge is -2.09. The molecule has 0 amide bonds. The summed E-state index contributed by atoms with van der Waals surface area (Å²) in [6.45, 7) is 0.870.